The van der Waals surface area contributed by atoms with Crippen molar-refractivity contribution < 1.29 is 42.1 Å². The Labute approximate surface area is 391 Å². The van der Waals surface area contributed by atoms with Crippen molar-refractivity contribution in [3.8, 4) is 0 Å². The van der Waals surface area contributed by atoms with Gasteiger partial charge in [0.05, 0.1) is 27.7 Å². The lowest BCUT2D eigenvalue weighted by atomic mass is 10.1. The average Bonchev–Trinajstić information content (AvgIpc) is 3.25. The quantitative estimate of drug-likeness (QED) is 0.0195. The van der Waals surface area contributed by atoms with E-state index in [0.29, 0.717) is 30.3 Å². The van der Waals surface area contributed by atoms with Crippen molar-refractivity contribution in [2.45, 2.75) is 174 Å². The highest BCUT2D eigenvalue weighted by Crippen LogP contribution is 2.38. The summed E-state index contributed by atoms with van der Waals surface area (Å²) in [5.74, 6) is -0.948. The lowest BCUT2D eigenvalue weighted by molar-refractivity contribution is -0.870. The lowest BCUT2D eigenvalue weighted by Gasteiger charge is -2.28. The van der Waals surface area contributed by atoms with Crippen molar-refractivity contribution in [3.63, 3.8) is 0 Å². The molecule has 0 amide bonds. The lowest BCUT2D eigenvalue weighted by Crippen LogP contribution is -2.37. The Morgan fingerprint density at radius 2 is 0.906 bits per heavy atom. The number of carbonyl (C=O) groups excluding carboxylic acids is 2. The first kappa shape index (κ1) is 60.7. The van der Waals surface area contributed by atoms with E-state index in [9.17, 15) is 19.0 Å². The molecule has 2 atom stereocenters. The summed E-state index contributed by atoms with van der Waals surface area (Å²) in [5.41, 5.74) is 0. The maximum Gasteiger partial charge on any atom is 0.306 e. The van der Waals surface area contributed by atoms with Gasteiger partial charge >= 0.3 is 11.9 Å². The topological polar surface area (TPSA) is 111 Å². The summed E-state index contributed by atoms with van der Waals surface area (Å²) in [4.78, 5) is 37.6. The van der Waals surface area contributed by atoms with E-state index in [0.717, 1.165) is 70.6 Å². The number of phosphoric acid groups is 1. The molecule has 0 radical (unpaired) electrons. The minimum atomic E-state index is -4.66. The Bertz CT molecular complexity index is 1450. The predicted octanol–water partition coefficient (Wildman–Crippen LogP) is 14.1. The number of hydrogen-bond donors (Lipinski definition) is 0. The van der Waals surface area contributed by atoms with Crippen LogP contribution in [0.25, 0.3) is 0 Å². The van der Waals surface area contributed by atoms with Crippen LogP contribution in [-0.4, -0.2) is 70.0 Å². The predicted molar refractivity (Wildman–Crippen MR) is 268 cm³/mol. The Balaban J connectivity index is 4.48. The maximum atomic E-state index is 12.7. The van der Waals surface area contributed by atoms with Gasteiger partial charge < -0.3 is 27.9 Å². The highest BCUT2D eigenvalue weighted by atomic mass is 31.2. The molecule has 9 nitrogen and oxygen atoms in total. The summed E-state index contributed by atoms with van der Waals surface area (Å²) in [6.07, 6.45) is 61.3. The van der Waals surface area contributed by atoms with E-state index >= 15 is 0 Å². The number of esters is 2. The van der Waals surface area contributed by atoms with Gasteiger partial charge in [0.2, 0.25) is 0 Å². The third-order valence-electron chi connectivity index (χ3n) is 9.78. The molecule has 64 heavy (non-hydrogen) atoms. The van der Waals surface area contributed by atoms with Crippen molar-refractivity contribution in [3.05, 3.63) is 109 Å². The van der Waals surface area contributed by atoms with E-state index in [-0.39, 0.29) is 26.1 Å². The second-order valence-corrected chi connectivity index (χ2v) is 18.5. The van der Waals surface area contributed by atoms with Gasteiger partial charge in [-0.3, -0.25) is 14.2 Å². The van der Waals surface area contributed by atoms with Gasteiger partial charge in [0.25, 0.3) is 7.82 Å². The monoisotopic (exact) mass is 912 g/mol. The van der Waals surface area contributed by atoms with E-state index in [1.165, 1.54) is 51.4 Å². The number of carbonyl (C=O) groups is 2. The standard InChI is InChI=1S/C54H90NO8P/c1-6-8-10-12-14-16-18-20-22-24-26-27-29-31-33-35-37-39-41-43-45-47-54(57)63-52(51-62-64(58,59)61-49-48-55(3,4)5)50-60-53(56)46-44-42-40-38-36-34-32-30-28-25-23-21-19-17-15-13-11-9-7-2/h9,11,15,17,21-24,27-30,33-36,39,41,52H,6-8,10,12-14,16,18-20,25-26,31-32,37-38,40,42-51H2,1-5H3/b11-9+,17-15+,23-21+,24-22+,29-27+,30-28+,35-33+,36-34+,41-39+/t52-/m1/s1. The second kappa shape index (κ2) is 44.9. The summed E-state index contributed by atoms with van der Waals surface area (Å²) < 4.78 is 33.9. The SMILES string of the molecule is CC/C=C/C/C=C/C/C=C/C/C=C/C/C=C/CCCCCC(=O)OC[C@H](COP(=O)([O-])OCC[N+](C)(C)C)OC(=O)CCC/C=C/C/C=C/C/C=C/C/C=C/CCCCCCCCC. The molecule has 0 aliphatic heterocycles. The summed E-state index contributed by atoms with van der Waals surface area (Å²) >= 11 is 0. The van der Waals surface area contributed by atoms with Crippen LogP contribution in [-0.2, 0) is 32.7 Å². The third-order valence-corrected chi connectivity index (χ3v) is 10.7. The Kier molecular flexibility index (Phi) is 42.5. The maximum absolute atomic E-state index is 12.7. The van der Waals surface area contributed by atoms with Crippen LogP contribution in [0, 0.1) is 0 Å². The number of ether oxygens (including phenoxy) is 2. The Morgan fingerprint density at radius 1 is 0.500 bits per heavy atom. The minimum Gasteiger partial charge on any atom is -0.756 e. The number of allylic oxidation sites excluding steroid dienone is 18. The summed E-state index contributed by atoms with van der Waals surface area (Å²) in [6, 6.07) is 0. The molecule has 0 fully saturated rings. The molecule has 10 heteroatoms. The second-order valence-electron chi connectivity index (χ2n) is 17.1. The first-order valence-corrected chi connectivity index (χ1v) is 26.1. The van der Waals surface area contributed by atoms with Crippen LogP contribution in [0.15, 0.2) is 109 Å². The van der Waals surface area contributed by atoms with E-state index in [2.05, 4.69) is 117 Å². The van der Waals surface area contributed by atoms with Crippen molar-refractivity contribution in [2.24, 2.45) is 0 Å². The van der Waals surface area contributed by atoms with Crippen LogP contribution in [0.5, 0.6) is 0 Å². The van der Waals surface area contributed by atoms with Crippen molar-refractivity contribution in [2.75, 3.05) is 47.5 Å². The van der Waals surface area contributed by atoms with Gasteiger partial charge in [0, 0.05) is 12.8 Å². The van der Waals surface area contributed by atoms with Crippen LogP contribution in [0.3, 0.4) is 0 Å². The van der Waals surface area contributed by atoms with Gasteiger partial charge in [0.15, 0.2) is 6.10 Å². The first-order chi connectivity index (χ1) is 31.0. The molecule has 0 spiro atoms. The minimum absolute atomic E-state index is 0.0531. The van der Waals surface area contributed by atoms with Crippen molar-refractivity contribution in [1.82, 2.24) is 0 Å². The van der Waals surface area contributed by atoms with Gasteiger partial charge in [-0.1, -0.05) is 168 Å². The molecular weight excluding hydrogens is 822 g/mol. The Hall–Kier alpha value is -3.33. The number of quaternary nitrogens is 1. The number of likely N-dealkylation sites (N-methyl/N-ethyl adjacent to an activating group) is 1. The van der Waals surface area contributed by atoms with Crippen molar-refractivity contribution in [1.29, 1.82) is 0 Å². The first-order valence-electron chi connectivity index (χ1n) is 24.6. The van der Waals surface area contributed by atoms with Gasteiger partial charge in [-0.25, -0.2) is 0 Å². The third kappa shape index (κ3) is 48.1. The molecule has 0 heterocycles. The van der Waals surface area contributed by atoms with E-state index < -0.39 is 32.5 Å². The number of hydrogen-bond acceptors (Lipinski definition) is 8. The zero-order chi connectivity index (χ0) is 47.1. The van der Waals surface area contributed by atoms with Crippen molar-refractivity contribution >= 4 is 19.8 Å². The van der Waals surface area contributed by atoms with Gasteiger partial charge in [-0.05, 0) is 96.3 Å². The van der Waals surface area contributed by atoms with Crippen LogP contribution in [0.4, 0.5) is 0 Å². The van der Waals surface area contributed by atoms with Crippen LogP contribution in [0.2, 0.25) is 0 Å². The number of phosphoric ester groups is 1. The molecule has 0 aliphatic carbocycles. The van der Waals surface area contributed by atoms with Crippen LogP contribution in [0.1, 0.15) is 168 Å². The molecule has 0 aromatic rings. The summed E-state index contributed by atoms with van der Waals surface area (Å²) in [5, 5.41) is 0. The molecule has 0 aliphatic rings. The zero-order valence-corrected chi connectivity index (χ0v) is 41.8. The molecule has 0 saturated carbocycles. The number of unbranched alkanes of at least 4 members (excludes halogenated alkanes) is 11. The molecular formula is C54H90NO8P. The van der Waals surface area contributed by atoms with Gasteiger partial charge in [-0.2, -0.15) is 0 Å². The largest absolute Gasteiger partial charge is 0.756 e. The molecule has 0 saturated heterocycles. The smallest absolute Gasteiger partial charge is 0.306 e. The molecule has 364 valence electrons. The normalized spacial score (nSPS) is 14.4. The Morgan fingerprint density at radius 3 is 1.38 bits per heavy atom. The zero-order valence-electron chi connectivity index (χ0n) is 40.9. The molecule has 0 bridgehead atoms. The van der Waals surface area contributed by atoms with E-state index in [1.807, 2.05) is 27.2 Å². The molecule has 0 aromatic carbocycles. The van der Waals surface area contributed by atoms with E-state index in [1.54, 1.807) is 0 Å². The van der Waals surface area contributed by atoms with Crippen LogP contribution >= 0.6 is 7.82 Å². The fourth-order valence-electron chi connectivity index (χ4n) is 5.97. The fraction of sp³-hybridized carbons (Fsp3) is 0.630. The molecule has 0 aromatic heterocycles. The molecule has 0 N–H and O–H groups in total. The number of nitrogens with zero attached hydrogens (tertiary/aromatic N) is 1. The van der Waals surface area contributed by atoms with Gasteiger partial charge in [0.1, 0.15) is 19.8 Å². The summed E-state index contributed by atoms with van der Waals surface area (Å²) in [7, 11) is 1.09. The van der Waals surface area contributed by atoms with Gasteiger partial charge in [-0.15, -0.1) is 0 Å². The van der Waals surface area contributed by atoms with Crippen LogP contribution < -0.4 is 4.89 Å². The van der Waals surface area contributed by atoms with E-state index in [4.69, 9.17) is 18.5 Å². The fourth-order valence-corrected chi connectivity index (χ4v) is 6.70. The highest BCUT2D eigenvalue weighted by Gasteiger charge is 2.21. The molecule has 0 rings (SSSR count). The molecule has 1 unspecified atom stereocenters. The summed E-state index contributed by atoms with van der Waals surface area (Å²) in [6.45, 7) is 3.99. The number of rotatable bonds is 43. The average molecular weight is 912 g/mol. The highest BCUT2D eigenvalue weighted by molar-refractivity contribution is 7.45.